The van der Waals surface area contributed by atoms with Crippen molar-refractivity contribution in [2.45, 2.75) is 20.4 Å². The number of amides is 1. The number of benzene rings is 2. The van der Waals surface area contributed by atoms with Crippen LogP contribution in [0.2, 0.25) is 0 Å². The van der Waals surface area contributed by atoms with Crippen LogP contribution in [0.1, 0.15) is 29.8 Å². The molecule has 0 aliphatic heterocycles. The molecule has 3 rings (SSSR count). The van der Waals surface area contributed by atoms with Gasteiger partial charge in [-0.15, -0.1) is 0 Å². The highest BCUT2D eigenvalue weighted by atomic mass is 19.1. The fourth-order valence-electron chi connectivity index (χ4n) is 2.90. The molecule has 6 nitrogen and oxygen atoms in total. The minimum absolute atomic E-state index is 0.261. The van der Waals surface area contributed by atoms with Crippen molar-refractivity contribution >= 4 is 23.2 Å². The van der Waals surface area contributed by atoms with Crippen molar-refractivity contribution in [2.75, 3.05) is 28.6 Å². The number of hydrogen-bond acceptors (Lipinski definition) is 5. The van der Waals surface area contributed by atoms with Gasteiger partial charge in [0.05, 0.1) is 5.56 Å². The SMILES string of the molecule is CCN(CC)c1ccc(NC(=O)c2cnc(NCc3ccccc3F)nc2)cc1. The van der Waals surface area contributed by atoms with Crippen molar-refractivity contribution in [1.29, 1.82) is 0 Å². The second-order valence-corrected chi connectivity index (χ2v) is 6.41. The number of nitrogens with one attached hydrogen (secondary N) is 2. The molecule has 29 heavy (non-hydrogen) atoms. The van der Waals surface area contributed by atoms with Crippen LogP contribution in [0.15, 0.2) is 60.9 Å². The predicted octanol–water partition coefficient (Wildman–Crippen LogP) is 4.33. The molecule has 0 saturated heterocycles. The lowest BCUT2D eigenvalue weighted by molar-refractivity contribution is 0.102. The van der Waals surface area contributed by atoms with Gasteiger partial charge >= 0.3 is 0 Å². The first kappa shape index (κ1) is 20.3. The Hall–Kier alpha value is -3.48. The Kier molecular flexibility index (Phi) is 6.73. The van der Waals surface area contributed by atoms with E-state index in [0.29, 0.717) is 22.8 Å². The molecule has 0 unspecified atom stereocenters. The number of rotatable bonds is 8. The molecule has 0 fully saturated rings. The molecule has 2 N–H and O–H groups in total. The minimum atomic E-state index is -0.291. The maximum absolute atomic E-state index is 13.6. The van der Waals surface area contributed by atoms with Gasteiger partial charge in [0.2, 0.25) is 5.95 Å². The first-order valence-corrected chi connectivity index (χ1v) is 9.56. The summed E-state index contributed by atoms with van der Waals surface area (Å²) in [6, 6.07) is 14.2. The molecule has 2 aromatic carbocycles. The van der Waals surface area contributed by atoms with Crippen molar-refractivity contribution < 1.29 is 9.18 Å². The van der Waals surface area contributed by atoms with Gasteiger partial charge in [-0.3, -0.25) is 4.79 Å². The topological polar surface area (TPSA) is 70.2 Å². The van der Waals surface area contributed by atoms with E-state index < -0.39 is 0 Å². The van der Waals surface area contributed by atoms with Gasteiger partial charge in [0.1, 0.15) is 5.82 Å². The van der Waals surface area contributed by atoms with E-state index in [9.17, 15) is 9.18 Å². The van der Waals surface area contributed by atoms with Crippen LogP contribution < -0.4 is 15.5 Å². The fraction of sp³-hybridized carbons (Fsp3) is 0.227. The van der Waals surface area contributed by atoms with Crippen LogP contribution in [0.4, 0.5) is 21.7 Å². The normalized spacial score (nSPS) is 10.4. The maximum atomic E-state index is 13.6. The highest BCUT2D eigenvalue weighted by Gasteiger charge is 2.09. The van der Waals surface area contributed by atoms with Crippen LogP contribution >= 0.6 is 0 Å². The number of carbonyl (C=O) groups excluding carboxylic acids is 1. The molecule has 1 heterocycles. The third kappa shape index (κ3) is 5.28. The summed E-state index contributed by atoms with van der Waals surface area (Å²) < 4.78 is 13.6. The molecule has 0 radical (unpaired) electrons. The molecule has 3 aromatic rings. The smallest absolute Gasteiger partial charge is 0.258 e. The Bertz CT molecular complexity index is 940. The molecule has 150 valence electrons. The third-order valence-corrected chi connectivity index (χ3v) is 4.56. The van der Waals surface area contributed by atoms with E-state index in [-0.39, 0.29) is 18.3 Å². The minimum Gasteiger partial charge on any atom is -0.372 e. The van der Waals surface area contributed by atoms with Crippen molar-refractivity contribution in [3.8, 4) is 0 Å². The second kappa shape index (κ2) is 9.64. The Morgan fingerprint density at radius 2 is 1.66 bits per heavy atom. The Labute approximate surface area is 169 Å². The van der Waals surface area contributed by atoms with Crippen LogP contribution in [-0.2, 0) is 6.54 Å². The largest absolute Gasteiger partial charge is 0.372 e. The molecule has 0 saturated carbocycles. The molecule has 1 aromatic heterocycles. The number of aromatic nitrogens is 2. The van der Waals surface area contributed by atoms with Crippen LogP contribution in [0.3, 0.4) is 0 Å². The number of carbonyl (C=O) groups is 1. The first-order chi connectivity index (χ1) is 14.1. The van der Waals surface area contributed by atoms with Crippen molar-refractivity contribution in [3.63, 3.8) is 0 Å². The van der Waals surface area contributed by atoms with Crippen molar-refractivity contribution in [2.24, 2.45) is 0 Å². The molecule has 0 atom stereocenters. The standard InChI is InChI=1S/C22H24FN5O/c1-3-28(4-2)19-11-9-18(10-12-19)27-21(29)17-14-25-22(26-15-17)24-13-16-7-5-6-8-20(16)23/h5-12,14-15H,3-4,13H2,1-2H3,(H,27,29)(H,24,25,26). The zero-order chi connectivity index (χ0) is 20.6. The molecule has 0 aliphatic rings. The van der Waals surface area contributed by atoms with Crippen LogP contribution in [0.25, 0.3) is 0 Å². The quantitative estimate of drug-likeness (QED) is 0.596. The summed E-state index contributed by atoms with van der Waals surface area (Å²) in [4.78, 5) is 22.9. The van der Waals surface area contributed by atoms with Crippen LogP contribution in [-0.4, -0.2) is 29.0 Å². The lowest BCUT2D eigenvalue weighted by Crippen LogP contribution is -2.21. The zero-order valence-electron chi connectivity index (χ0n) is 16.5. The zero-order valence-corrected chi connectivity index (χ0v) is 16.5. The van der Waals surface area contributed by atoms with Gasteiger partial charge in [-0.2, -0.15) is 0 Å². The highest BCUT2D eigenvalue weighted by Crippen LogP contribution is 2.18. The van der Waals surface area contributed by atoms with E-state index in [1.54, 1.807) is 18.2 Å². The number of nitrogens with zero attached hydrogens (tertiary/aromatic N) is 3. The molecular formula is C22H24FN5O. The average molecular weight is 393 g/mol. The van der Waals surface area contributed by atoms with Crippen LogP contribution in [0, 0.1) is 5.82 Å². The predicted molar refractivity (Wildman–Crippen MR) is 114 cm³/mol. The summed E-state index contributed by atoms with van der Waals surface area (Å²) in [5.74, 6) is -0.252. The number of hydrogen-bond donors (Lipinski definition) is 2. The third-order valence-electron chi connectivity index (χ3n) is 4.56. The summed E-state index contributed by atoms with van der Waals surface area (Å²) in [5.41, 5.74) is 2.68. The lowest BCUT2D eigenvalue weighted by Gasteiger charge is -2.21. The van der Waals surface area contributed by atoms with Gasteiger partial charge in [0, 0.05) is 49.0 Å². The molecule has 7 heteroatoms. The summed E-state index contributed by atoms with van der Waals surface area (Å²) in [5, 5.41) is 5.78. The van der Waals surface area contributed by atoms with Gasteiger partial charge in [-0.25, -0.2) is 14.4 Å². The first-order valence-electron chi connectivity index (χ1n) is 9.56. The van der Waals surface area contributed by atoms with E-state index in [2.05, 4.69) is 39.3 Å². The monoisotopic (exact) mass is 393 g/mol. The Balaban J connectivity index is 1.58. The van der Waals surface area contributed by atoms with Crippen molar-refractivity contribution in [1.82, 2.24) is 9.97 Å². The summed E-state index contributed by atoms with van der Waals surface area (Å²) >= 11 is 0. The van der Waals surface area contributed by atoms with E-state index in [1.165, 1.54) is 18.5 Å². The molecule has 1 amide bonds. The van der Waals surface area contributed by atoms with E-state index in [1.807, 2.05) is 24.3 Å². The molecule has 0 aliphatic carbocycles. The van der Waals surface area contributed by atoms with E-state index >= 15 is 0 Å². The molecule has 0 spiro atoms. The Morgan fingerprint density at radius 3 is 2.28 bits per heavy atom. The average Bonchev–Trinajstić information content (AvgIpc) is 2.75. The van der Waals surface area contributed by atoms with Gasteiger partial charge in [-0.05, 0) is 44.2 Å². The van der Waals surface area contributed by atoms with Gasteiger partial charge in [0.25, 0.3) is 5.91 Å². The van der Waals surface area contributed by atoms with Gasteiger partial charge < -0.3 is 15.5 Å². The highest BCUT2D eigenvalue weighted by molar-refractivity contribution is 6.03. The Morgan fingerprint density at radius 1 is 1.00 bits per heavy atom. The fourth-order valence-corrected chi connectivity index (χ4v) is 2.90. The van der Waals surface area contributed by atoms with E-state index in [4.69, 9.17) is 0 Å². The number of anilines is 3. The van der Waals surface area contributed by atoms with Crippen LogP contribution in [0.5, 0.6) is 0 Å². The van der Waals surface area contributed by atoms with Gasteiger partial charge in [-0.1, -0.05) is 18.2 Å². The second-order valence-electron chi connectivity index (χ2n) is 6.41. The summed E-state index contributed by atoms with van der Waals surface area (Å²) in [7, 11) is 0. The molecular weight excluding hydrogens is 369 g/mol. The van der Waals surface area contributed by atoms with E-state index in [0.717, 1.165) is 18.8 Å². The summed E-state index contributed by atoms with van der Waals surface area (Å²) in [6.07, 6.45) is 2.88. The maximum Gasteiger partial charge on any atom is 0.258 e. The molecule has 0 bridgehead atoms. The van der Waals surface area contributed by atoms with Gasteiger partial charge in [0.15, 0.2) is 0 Å². The lowest BCUT2D eigenvalue weighted by atomic mass is 10.2. The van der Waals surface area contributed by atoms with Crippen molar-refractivity contribution in [3.05, 3.63) is 77.9 Å². The number of halogens is 1. The summed E-state index contributed by atoms with van der Waals surface area (Å²) in [6.45, 7) is 6.33.